The molecule has 0 aliphatic carbocycles. The maximum atomic E-state index is 12.4. The molecule has 134 valence electrons. The van der Waals surface area contributed by atoms with E-state index in [0.29, 0.717) is 11.3 Å². The smallest absolute Gasteiger partial charge is 0.272 e. The Balaban J connectivity index is 2.14. The van der Waals surface area contributed by atoms with Gasteiger partial charge in [-0.1, -0.05) is 32.9 Å². The van der Waals surface area contributed by atoms with Crippen LogP contribution in [0.5, 0.6) is 5.75 Å². The lowest BCUT2D eigenvalue weighted by molar-refractivity contribution is 0.475. The molecule has 0 spiro atoms. The van der Waals surface area contributed by atoms with Crippen LogP contribution in [0.3, 0.4) is 0 Å². The van der Waals surface area contributed by atoms with Gasteiger partial charge < -0.3 is 20.1 Å². The zero-order valence-corrected chi connectivity index (χ0v) is 14.8. The van der Waals surface area contributed by atoms with Crippen LogP contribution in [0.2, 0.25) is 0 Å². The lowest BCUT2D eigenvalue weighted by Gasteiger charge is -2.16. The molecule has 0 aliphatic rings. The predicted molar refractivity (Wildman–Crippen MR) is 99.5 cm³/mol. The zero-order valence-electron chi connectivity index (χ0n) is 14.8. The second-order valence-electron chi connectivity index (χ2n) is 7.03. The van der Waals surface area contributed by atoms with E-state index >= 15 is 0 Å². The van der Waals surface area contributed by atoms with Gasteiger partial charge >= 0.3 is 0 Å². The van der Waals surface area contributed by atoms with Crippen molar-refractivity contribution in [3.63, 3.8) is 0 Å². The van der Waals surface area contributed by atoms with E-state index in [9.17, 15) is 14.7 Å². The van der Waals surface area contributed by atoms with Crippen molar-refractivity contribution in [2.45, 2.75) is 26.2 Å². The van der Waals surface area contributed by atoms with Crippen molar-refractivity contribution < 1.29 is 5.11 Å². The van der Waals surface area contributed by atoms with Crippen molar-refractivity contribution in [2.75, 3.05) is 0 Å². The van der Waals surface area contributed by atoms with Gasteiger partial charge in [0.05, 0.1) is 12.0 Å². The number of rotatable bonds is 2. The van der Waals surface area contributed by atoms with E-state index in [1.165, 1.54) is 18.2 Å². The lowest BCUT2D eigenvalue weighted by Crippen LogP contribution is -2.46. The summed E-state index contributed by atoms with van der Waals surface area (Å²) in [5.74, 6) is 0.0794. The second-order valence-corrected chi connectivity index (χ2v) is 7.03. The average Bonchev–Trinajstić information content (AvgIpc) is 3.01. The number of nitrogens with zero attached hydrogens (tertiary/aromatic N) is 1. The largest absolute Gasteiger partial charge is 0.508 e. The highest BCUT2D eigenvalue weighted by Gasteiger charge is 2.19. The molecule has 0 saturated carbocycles. The summed E-state index contributed by atoms with van der Waals surface area (Å²) in [4.78, 5) is 37.2. The standard InChI is InChI=1S/C19H20N4O3/c1-19(2,3)16-13(20-10-21-16)9-15-18(26)22-14(17(25)23-15)8-11-5-4-6-12(24)7-11/h4-10,24H,1-3H3,(H,20,21)(H,22,26)(H,23,25)/b14-8-,15-9-. The first-order chi connectivity index (χ1) is 12.2. The third-order valence-corrected chi connectivity index (χ3v) is 3.87. The Morgan fingerprint density at radius 3 is 2.31 bits per heavy atom. The van der Waals surface area contributed by atoms with Crippen LogP contribution in [-0.2, 0) is 5.41 Å². The van der Waals surface area contributed by atoms with E-state index in [-0.39, 0.29) is 21.9 Å². The summed E-state index contributed by atoms with van der Waals surface area (Å²) in [5.41, 5.74) is 1.02. The number of hydrogen-bond donors (Lipinski definition) is 4. The fourth-order valence-corrected chi connectivity index (χ4v) is 2.63. The highest BCUT2D eigenvalue weighted by Crippen LogP contribution is 2.22. The molecule has 2 heterocycles. The number of aromatic nitrogens is 4. The summed E-state index contributed by atoms with van der Waals surface area (Å²) < 4.78 is 0. The molecule has 0 fully saturated rings. The van der Waals surface area contributed by atoms with Gasteiger partial charge in [-0.3, -0.25) is 9.59 Å². The Kier molecular flexibility index (Phi) is 4.38. The van der Waals surface area contributed by atoms with E-state index in [4.69, 9.17) is 0 Å². The Labute approximate surface area is 148 Å². The monoisotopic (exact) mass is 352 g/mol. The molecule has 7 heteroatoms. The molecule has 4 N–H and O–H groups in total. The minimum Gasteiger partial charge on any atom is -0.508 e. The van der Waals surface area contributed by atoms with Crippen molar-refractivity contribution in [3.8, 4) is 5.75 Å². The minimum atomic E-state index is -0.438. The van der Waals surface area contributed by atoms with Crippen molar-refractivity contribution in [1.29, 1.82) is 0 Å². The highest BCUT2D eigenvalue weighted by atomic mass is 16.3. The molecule has 0 bridgehead atoms. The van der Waals surface area contributed by atoms with Crippen molar-refractivity contribution in [1.82, 2.24) is 19.9 Å². The SMILES string of the molecule is CC(C)(C)c1[nH]cnc1/C=c1\[nH]c(=O)/c(=C/c2cccc(O)c2)[nH]c1=O. The molecule has 0 amide bonds. The lowest BCUT2D eigenvalue weighted by atomic mass is 9.90. The summed E-state index contributed by atoms with van der Waals surface area (Å²) >= 11 is 0. The molecular weight excluding hydrogens is 332 g/mol. The van der Waals surface area contributed by atoms with Crippen LogP contribution in [0.4, 0.5) is 0 Å². The summed E-state index contributed by atoms with van der Waals surface area (Å²) in [5, 5.41) is 9.73. The van der Waals surface area contributed by atoms with E-state index in [1.807, 2.05) is 20.8 Å². The number of aromatic hydroxyl groups is 1. The van der Waals surface area contributed by atoms with Gasteiger partial charge in [-0.15, -0.1) is 0 Å². The molecule has 1 aromatic carbocycles. The maximum absolute atomic E-state index is 12.4. The first-order valence-corrected chi connectivity index (χ1v) is 8.13. The normalized spacial score (nSPS) is 13.3. The molecule has 0 atom stereocenters. The van der Waals surface area contributed by atoms with Gasteiger partial charge in [-0.2, -0.15) is 0 Å². The molecule has 0 unspecified atom stereocenters. The molecule has 26 heavy (non-hydrogen) atoms. The fraction of sp³-hybridized carbons (Fsp3) is 0.211. The quantitative estimate of drug-likeness (QED) is 0.536. The van der Waals surface area contributed by atoms with Crippen molar-refractivity contribution in [2.24, 2.45) is 0 Å². The molecule has 3 aromatic rings. The Hall–Kier alpha value is -3.35. The van der Waals surface area contributed by atoms with Crippen LogP contribution in [0.25, 0.3) is 12.2 Å². The zero-order chi connectivity index (χ0) is 18.9. The van der Waals surface area contributed by atoms with Gasteiger partial charge in [-0.05, 0) is 29.8 Å². The number of hydrogen-bond acceptors (Lipinski definition) is 4. The van der Waals surface area contributed by atoms with Crippen LogP contribution in [0, 0.1) is 0 Å². The van der Waals surface area contributed by atoms with Crippen LogP contribution < -0.4 is 21.8 Å². The molecule has 0 radical (unpaired) electrons. The average molecular weight is 352 g/mol. The van der Waals surface area contributed by atoms with E-state index in [2.05, 4.69) is 19.9 Å². The number of imidazole rings is 1. The number of nitrogens with one attached hydrogen (secondary N) is 3. The van der Waals surface area contributed by atoms with Gasteiger partial charge in [0, 0.05) is 11.1 Å². The van der Waals surface area contributed by atoms with Crippen molar-refractivity contribution in [3.05, 3.63) is 78.9 Å². The molecular formula is C19H20N4O3. The maximum Gasteiger partial charge on any atom is 0.272 e. The van der Waals surface area contributed by atoms with Crippen LogP contribution in [0.1, 0.15) is 37.7 Å². The van der Waals surface area contributed by atoms with Crippen LogP contribution in [0.15, 0.2) is 40.2 Å². The van der Waals surface area contributed by atoms with Crippen LogP contribution >= 0.6 is 0 Å². The number of H-pyrrole nitrogens is 3. The van der Waals surface area contributed by atoms with Crippen LogP contribution in [-0.4, -0.2) is 25.0 Å². The summed E-state index contributed by atoms with van der Waals surface area (Å²) in [6.45, 7) is 6.08. The number of phenolic OH excluding ortho intramolecular Hbond substituents is 1. The summed E-state index contributed by atoms with van der Waals surface area (Å²) in [6, 6.07) is 6.40. The Morgan fingerprint density at radius 2 is 1.69 bits per heavy atom. The molecule has 7 nitrogen and oxygen atoms in total. The van der Waals surface area contributed by atoms with Gasteiger partial charge in [0.2, 0.25) is 0 Å². The van der Waals surface area contributed by atoms with E-state index in [0.717, 1.165) is 5.69 Å². The Morgan fingerprint density at radius 1 is 1.04 bits per heavy atom. The second kappa shape index (κ2) is 6.51. The highest BCUT2D eigenvalue weighted by molar-refractivity contribution is 5.51. The number of phenols is 1. The van der Waals surface area contributed by atoms with E-state index < -0.39 is 11.1 Å². The first kappa shape index (κ1) is 17.5. The molecule has 3 rings (SSSR count). The fourth-order valence-electron chi connectivity index (χ4n) is 2.63. The number of benzene rings is 1. The molecule has 0 saturated heterocycles. The van der Waals surface area contributed by atoms with Gasteiger partial charge in [-0.25, -0.2) is 4.98 Å². The van der Waals surface area contributed by atoms with E-state index in [1.54, 1.807) is 24.5 Å². The summed E-state index contributed by atoms with van der Waals surface area (Å²) in [7, 11) is 0. The third kappa shape index (κ3) is 3.66. The van der Waals surface area contributed by atoms with Crippen molar-refractivity contribution >= 4 is 12.2 Å². The number of aromatic amines is 3. The molecule has 0 aliphatic heterocycles. The third-order valence-electron chi connectivity index (χ3n) is 3.87. The van der Waals surface area contributed by atoms with Gasteiger partial charge in [0.15, 0.2) is 0 Å². The minimum absolute atomic E-state index is 0.0794. The van der Waals surface area contributed by atoms with Gasteiger partial charge in [0.25, 0.3) is 11.1 Å². The summed E-state index contributed by atoms with van der Waals surface area (Å²) in [6.07, 6.45) is 4.61. The van der Waals surface area contributed by atoms with Gasteiger partial charge in [0.1, 0.15) is 16.4 Å². The Bertz CT molecular complexity index is 1180. The topological polar surface area (TPSA) is 115 Å². The predicted octanol–water partition coefficient (Wildman–Crippen LogP) is 0.447. The first-order valence-electron chi connectivity index (χ1n) is 8.13. The molecule has 2 aromatic heterocycles.